The number of likely N-dealkylation sites (tertiary alicyclic amines) is 1. The summed E-state index contributed by atoms with van der Waals surface area (Å²) in [6.07, 6.45) is -0.740. The van der Waals surface area contributed by atoms with Crippen molar-refractivity contribution in [2.75, 3.05) is 13.1 Å². The topological polar surface area (TPSA) is 80.8 Å². The van der Waals surface area contributed by atoms with Crippen LogP contribution in [0.15, 0.2) is 29.2 Å². The zero-order valence-corrected chi connectivity index (χ0v) is 16.3. The number of sulfone groups is 1. The molecule has 1 aromatic carbocycles. The number of hydrogen-bond acceptors (Lipinski definition) is 5. The highest BCUT2D eigenvalue weighted by molar-refractivity contribution is 7.92. The van der Waals surface area contributed by atoms with Crippen LogP contribution in [-0.4, -0.2) is 49.6 Å². The first kappa shape index (κ1) is 21.3. The molecule has 0 bridgehead atoms. The number of nitrogens with zero attached hydrogens (tertiary/aromatic N) is 1. The predicted octanol–water partition coefficient (Wildman–Crippen LogP) is 3.51. The molecule has 0 saturated carbocycles. The first-order chi connectivity index (χ1) is 12.4. The largest absolute Gasteiger partial charge is 0.444 e. The fourth-order valence-corrected chi connectivity index (χ4v) is 4.57. The Labute approximate surface area is 157 Å². The predicted molar refractivity (Wildman–Crippen MR) is 94.5 cm³/mol. The summed E-state index contributed by atoms with van der Waals surface area (Å²) in [6, 6.07) is 4.88. The van der Waals surface area contributed by atoms with Gasteiger partial charge >= 0.3 is 11.3 Å². The van der Waals surface area contributed by atoms with Crippen LogP contribution in [0.4, 0.5) is 13.6 Å². The lowest BCUT2D eigenvalue weighted by atomic mass is 9.97. The van der Waals surface area contributed by atoms with E-state index in [1.54, 1.807) is 20.8 Å². The van der Waals surface area contributed by atoms with Gasteiger partial charge in [0.2, 0.25) is 9.84 Å². The minimum Gasteiger partial charge on any atom is -0.444 e. The third kappa shape index (κ3) is 4.45. The van der Waals surface area contributed by atoms with Crippen LogP contribution < -0.4 is 0 Å². The van der Waals surface area contributed by atoms with Crippen molar-refractivity contribution in [3.63, 3.8) is 0 Å². The number of piperidine rings is 1. The first-order valence-corrected chi connectivity index (χ1v) is 10.0. The monoisotopic (exact) mass is 403 g/mol. The molecule has 1 aromatic rings. The normalized spacial score (nSPS) is 16.9. The number of ether oxygens (including phenoxy) is 1. The Morgan fingerprint density at radius 2 is 1.74 bits per heavy atom. The molecule has 2 rings (SSSR count). The van der Waals surface area contributed by atoms with E-state index < -0.39 is 37.6 Å². The summed E-state index contributed by atoms with van der Waals surface area (Å²) < 4.78 is 60.0. The number of benzene rings is 1. The van der Waals surface area contributed by atoms with Crippen molar-refractivity contribution in [1.82, 2.24) is 4.90 Å². The second kappa shape index (κ2) is 7.53. The van der Waals surface area contributed by atoms with Crippen molar-refractivity contribution < 1.29 is 31.5 Å². The van der Waals surface area contributed by atoms with Gasteiger partial charge in [0.1, 0.15) is 5.60 Å². The van der Waals surface area contributed by atoms with Crippen LogP contribution in [0.3, 0.4) is 0 Å². The summed E-state index contributed by atoms with van der Waals surface area (Å²) in [5.41, 5.74) is -1.01. The van der Waals surface area contributed by atoms with E-state index in [2.05, 4.69) is 0 Å². The van der Waals surface area contributed by atoms with Gasteiger partial charge in [0.25, 0.3) is 0 Å². The van der Waals surface area contributed by atoms with E-state index in [-0.39, 0.29) is 37.8 Å². The molecule has 1 heterocycles. The number of rotatable bonds is 4. The summed E-state index contributed by atoms with van der Waals surface area (Å²) in [7, 11) is -5.05. The third-order valence-corrected chi connectivity index (χ3v) is 6.32. The fraction of sp³-hybridized carbons (Fsp3) is 0.556. The van der Waals surface area contributed by atoms with Crippen molar-refractivity contribution in [1.29, 1.82) is 0 Å². The SMILES string of the molecule is CC(C)(C)OC(=O)N1CCC(C(F)(F)S(=O)(=O)c2ccccc2C=O)CC1. The average Bonchev–Trinajstić information content (AvgIpc) is 2.60. The van der Waals surface area contributed by atoms with Gasteiger partial charge in [-0.05, 0) is 39.7 Å². The summed E-state index contributed by atoms with van der Waals surface area (Å²) in [5, 5.41) is -4.05. The molecule has 6 nitrogen and oxygen atoms in total. The second-order valence-corrected chi connectivity index (χ2v) is 9.45. The van der Waals surface area contributed by atoms with Crippen LogP contribution in [0.2, 0.25) is 0 Å². The number of amides is 1. The van der Waals surface area contributed by atoms with E-state index in [9.17, 15) is 26.8 Å². The lowest BCUT2D eigenvalue weighted by Gasteiger charge is -2.36. The Balaban J connectivity index is 2.17. The maximum Gasteiger partial charge on any atom is 0.410 e. The van der Waals surface area contributed by atoms with E-state index in [0.717, 1.165) is 6.07 Å². The summed E-state index contributed by atoms with van der Waals surface area (Å²) >= 11 is 0. The van der Waals surface area contributed by atoms with E-state index in [1.807, 2.05) is 0 Å². The van der Waals surface area contributed by atoms with E-state index in [0.29, 0.717) is 0 Å². The Bertz CT molecular complexity index is 809. The van der Waals surface area contributed by atoms with Crippen molar-refractivity contribution in [3.8, 4) is 0 Å². The van der Waals surface area contributed by atoms with Crippen LogP contribution in [0.5, 0.6) is 0 Å². The quantitative estimate of drug-likeness (QED) is 0.719. The van der Waals surface area contributed by atoms with Gasteiger partial charge in [-0.15, -0.1) is 0 Å². The highest BCUT2D eigenvalue weighted by Crippen LogP contribution is 2.41. The van der Waals surface area contributed by atoms with E-state index in [4.69, 9.17) is 4.74 Å². The average molecular weight is 403 g/mol. The number of hydrogen-bond donors (Lipinski definition) is 0. The molecule has 0 spiro atoms. The standard InChI is InChI=1S/C18H23F2NO5S/c1-17(2,3)26-16(23)21-10-8-14(9-11-21)18(19,20)27(24,25)15-7-5-4-6-13(15)12-22/h4-7,12,14H,8-11H2,1-3H3. The summed E-state index contributed by atoms with van der Waals surface area (Å²) in [6.45, 7) is 5.04. The smallest absolute Gasteiger partial charge is 0.410 e. The molecule has 0 aliphatic carbocycles. The van der Waals surface area contributed by atoms with Gasteiger partial charge < -0.3 is 9.64 Å². The molecule has 1 fully saturated rings. The fourth-order valence-electron chi connectivity index (χ4n) is 2.91. The maximum absolute atomic E-state index is 14.8. The van der Waals surface area contributed by atoms with Gasteiger partial charge in [-0.3, -0.25) is 4.79 Å². The lowest BCUT2D eigenvalue weighted by Crippen LogP contribution is -2.47. The molecule has 1 aliphatic heterocycles. The van der Waals surface area contributed by atoms with Gasteiger partial charge in [-0.25, -0.2) is 13.2 Å². The molecule has 1 aliphatic rings. The van der Waals surface area contributed by atoms with Gasteiger partial charge in [-0.1, -0.05) is 18.2 Å². The second-order valence-electron chi connectivity index (χ2n) is 7.46. The van der Waals surface area contributed by atoms with Crippen molar-refractivity contribution in [3.05, 3.63) is 29.8 Å². The van der Waals surface area contributed by atoms with Crippen LogP contribution in [0.1, 0.15) is 44.0 Å². The maximum atomic E-state index is 14.8. The highest BCUT2D eigenvalue weighted by atomic mass is 32.2. The van der Waals surface area contributed by atoms with Crippen molar-refractivity contribution >= 4 is 22.2 Å². The zero-order valence-electron chi connectivity index (χ0n) is 15.4. The van der Waals surface area contributed by atoms with Crippen molar-refractivity contribution in [2.45, 2.75) is 49.4 Å². The molecule has 0 radical (unpaired) electrons. The van der Waals surface area contributed by atoms with E-state index in [1.165, 1.54) is 23.1 Å². The summed E-state index contributed by atoms with van der Waals surface area (Å²) in [5.74, 6) is -1.46. The minimum absolute atomic E-state index is 0.0278. The third-order valence-electron chi connectivity index (χ3n) is 4.32. The number of aldehydes is 1. The number of carbonyl (C=O) groups excluding carboxylic acids is 2. The number of carbonyl (C=O) groups is 2. The Morgan fingerprint density at radius 3 is 2.26 bits per heavy atom. The molecule has 0 atom stereocenters. The lowest BCUT2D eigenvalue weighted by molar-refractivity contribution is -0.0178. The molecule has 1 amide bonds. The van der Waals surface area contributed by atoms with Crippen LogP contribution >= 0.6 is 0 Å². The highest BCUT2D eigenvalue weighted by Gasteiger charge is 2.54. The molecule has 150 valence electrons. The Morgan fingerprint density at radius 1 is 1.19 bits per heavy atom. The molecule has 0 N–H and O–H groups in total. The summed E-state index contributed by atoms with van der Waals surface area (Å²) in [4.78, 5) is 23.7. The van der Waals surface area contributed by atoms with Gasteiger partial charge in [0, 0.05) is 24.6 Å². The molecular weight excluding hydrogens is 380 g/mol. The molecule has 9 heteroatoms. The minimum atomic E-state index is -5.05. The van der Waals surface area contributed by atoms with Crippen LogP contribution in [-0.2, 0) is 14.6 Å². The first-order valence-electron chi connectivity index (χ1n) is 8.54. The van der Waals surface area contributed by atoms with Gasteiger partial charge in [0.15, 0.2) is 6.29 Å². The molecule has 1 saturated heterocycles. The number of alkyl halides is 2. The Kier molecular flexibility index (Phi) is 5.94. The van der Waals surface area contributed by atoms with Crippen LogP contribution in [0.25, 0.3) is 0 Å². The molecular formula is C18H23F2NO5S. The molecule has 0 unspecified atom stereocenters. The number of halogens is 2. The molecule has 0 aromatic heterocycles. The van der Waals surface area contributed by atoms with E-state index >= 15 is 0 Å². The van der Waals surface area contributed by atoms with Crippen molar-refractivity contribution in [2.24, 2.45) is 5.92 Å². The zero-order chi connectivity index (χ0) is 20.5. The van der Waals surface area contributed by atoms with Gasteiger partial charge in [-0.2, -0.15) is 8.78 Å². The van der Waals surface area contributed by atoms with Crippen LogP contribution in [0, 0.1) is 5.92 Å². The molecule has 27 heavy (non-hydrogen) atoms. The van der Waals surface area contributed by atoms with Gasteiger partial charge in [0.05, 0.1) is 4.90 Å². The Hall–Kier alpha value is -2.03.